The highest BCUT2D eigenvalue weighted by Crippen LogP contribution is 2.39. The van der Waals surface area contributed by atoms with Crippen molar-refractivity contribution in [3.63, 3.8) is 0 Å². The minimum Gasteiger partial charge on any atom is -0.207 e. The molecule has 0 radical (unpaired) electrons. The number of hydrogen-bond acceptors (Lipinski definition) is 3. The Bertz CT molecular complexity index is 724. The molecular weight excluding hydrogens is 349 g/mol. The van der Waals surface area contributed by atoms with E-state index in [0.717, 1.165) is 17.7 Å². The standard InChI is InChI=1S/C14H13Cl2NO2S2/c15-10-7-11(16)9-12(8-10)21(18,19)17-5-1-3-13(17)14-4-2-6-20-14/h2,4,6-9,13H,1,3,5H2/t13-/m1/s1. The maximum atomic E-state index is 12.9. The fraction of sp³-hybridized carbons (Fsp3) is 0.286. The largest absolute Gasteiger partial charge is 0.243 e. The lowest BCUT2D eigenvalue weighted by atomic mass is 10.2. The number of benzene rings is 1. The molecule has 0 spiro atoms. The molecule has 1 saturated heterocycles. The van der Waals surface area contributed by atoms with Crippen LogP contribution in [0.2, 0.25) is 10.0 Å². The van der Waals surface area contributed by atoms with Gasteiger partial charge in [0.25, 0.3) is 0 Å². The zero-order valence-electron chi connectivity index (χ0n) is 11.0. The van der Waals surface area contributed by atoms with Gasteiger partial charge in [-0.25, -0.2) is 8.42 Å². The molecule has 112 valence electrons. The number of hydrogen-bond donors (Lipinski definition) is 0. The van der Waals surface area contributed by atoms with Gasteiger partial charge < -0.3 is 0 Å². The van der Waals surface area contributed by atoms with Gasteiger partial charge >= 0.3 is 0 Å². The summed E-state index contributed by atoms with van der Waals surface area (Å²) in [6.07, 6.45) is 1.70. The molecule has 1 aromatic heterocycles. The van der Waals surface area contributed by atoms with E-state index in [2.05, 4.69) is 0 Å². The maximum Gasteiger partial charge on any atom is 0.243 e. The average Bonchev–Trinajstić information content (AvgIpc) is 3.08. The second kappa shape index (κ2) is 5.89. The van der Waals surface area contributed by atoms with Crippen LogP contribution in [0.4, 0.5) is 0 Å². The molecular formula is C14H13Cl2NO2S2. The van der Waals surface area contributed by atoms with Gasteiger partial charge in [0, 0.05) is 21.5 Å². The van der Waals surface area contributed by atoms with Gasteiger partial charge in [0.15, 0.2) is 0 Å². The molecule has 0 bridgehead atoms. The molecule has 0 aliphatic carbocycles. The lowest BCUT2D eigenvalue weighted by Crippen LogP contribution is -2.30. The number of rotatable bonds is 3. The van der Waals surface area contributed by atoms with E-state index in [1.54, 1.807) is 15.6 Å². The first-order chi connectivity index (χ1) is 9.98. The van der Waals surface area contributed by atoms with E-state index >= 15 is 0 Å². The third-order valence-corrected chi connectivity index (χ3v) is 6.81. The van der Waals surface area contributed by atoms with Crippen molar-refractivity contribution >= 4 is 44.6 Å². The molecule has 0 unspecified atom stereocenters. The molecule has 3 nitrogen and oxygen atoms in total. The lowest BCUT2D eigenvalue weighted by molar-refractivity contribution is 0.401. The van der Waals surface area contributed by atoms with Crippen molar-refractivity contribution in [1.29, 1.82) is 0 Å². The Hall–Kier alpha value is -0.590. The van der Waals surface area contributed by atoms with Crippen LogP contribution in [0.1, 0.15) is 23.8 Å². The second-order valence-electron chi connectivity index (χ2n) is 4.89. The molecule has 1 aromatic carbocycles. The predicted molar refractivity (Wildman–Crippen MR) is 86.6 cm³/mol. The Morgan fingerprint density at radius 1 is 1.19 bits per heavy atom. The number of nitrogens with zero attached hydrogens (tertiary/aromatic N) is 1. The van der Waals surface area contributed by atoms with E-state index < -0.39 is 10.0 Å². The molecule has 3 rings (SSSR count). The SMILES string of the molecule is O=S(=O)(c1cc(Cl)cc(Cl)c1)N1CCC[C@@H]1c1cccs1. The van der Waals surface area contributed by atoms with Gasteiger partial charge in [-0.15, -0.1) is 11.3 Å². The van der Waals surface area contributed by atoms with Crippen LogP contribution in [-0.2, 0) is 10.0 Å². The molecule has 2 aromatic rings. The van der Waals surface area contributed by atoms with E-state index in [1.807, 2.05) is 17.5 Å². The Morgan fingerprint density at radius 3 is 2.52 bits per heavy atom. The van der Waals surface area contributed by atoms with Crippen molar-refractivity contribution < 1.29 is 8.42 Å². The van der Waals surface area contributed by atoms with Crippen LogP contribution in [0.3, 0.4) is 0 Å². The van der Waals surface area contributed by atoms with Crippen molar-refractivity contribution in [3.05, 3.63) is 50.6 Å². The Kier molecular flexibility index (Phi) is 4.30. The van der Waals surface area contributed by atoms with Gasteiger partial charge in [-0.3, -0.25) is 0 Å². The van der Waals surface area contributed by atoms with E-state index in [9.17, 15) is 8.42 Å². The van der Waals surface area contributed by atoms with Crippen molar-refractivity contribution in [2.24, 2.45) is 0 Å². The summed E-state index contributed by atoms with van der Waals surface area (Å²) in [6, 6.07) is 8.27. The molecule has 21 heavy (non-hydrogen) atoms. The highest BCUT2D eigenvalue weighted by atomic mass is 35.5. The Morgan fingerprint density at radius 2 is 1.90 bits per heavy atom. The van der Waals surface area contributed by atoms with Gasteiger partial charge in [-0.1, -0.05) is 29.3 Å². The number of sulfonamides is 1. The van der Waals surface area contributed by atoms with E-state index in [-0.39, 0.29) is 10.9 Å². The first kappa shape index (κ1) is 15.3. The van der Waals surface area contributed by atoms with Gasteiger partial charge in [-0.2, -0.15) is 4.31 Å². The molecule has 0 saturated carbocycles. The normalized spacial score (nSPS) is 20.0. The summed E-state index contributed by atoms with van der Waals surface area (Å²) in [6.45, 7) is 0.523. The summed E-state index contributed by atoms with van der Waals surface area (Å²) in [5, 5.41) is 2.62. The van der Waals surface area contributed by atoms with Gasteiger partial charge in [0.1, 0.15) is 0 Å². The highest BCUT2D eigenvalue weighted by Gasteiger charge is 2.36. The van der Waals surface area contributed by atoms with Gasteiger partial charge in [0.2, 0.25) is 10.0 Å². The summed E-state index contributed by atoms with van der Waals surface area (Å²) in [5.74, 6) is 0. The molecule has 0 N–H and O–H groups in total. The molecule has 1 fully saturated rings. The Labute approximate surface area is 138 Å². The van der Waals surface area contributed by atoms with E-state index in [0.29, 0.717) is 16.6 Å². The highest BCUT2D eigenvalue weighted by molar-refractivity contribution is 7.89. The van der Waals surface area contributed by atoms with E-state index in [1.165, 1.54) is 18.2 Å². The Balaban J connectivity index is 2.01. The predicted octanol–water partition coefficient (Wildman–Crippen LogP) is 4.58. The fourth-order valence-corrected chi connectivity index (χ4v) is 5.95. The van der Waals surface area contributed by atoms with Crippen molar-refractivity contribution in [1.82, 2.24) is 4.31 Å². The van der Waals surface area contributed by atoms with Crippen molar-refractivity contribution in [3.8, 4) is 0 Å². The van der Waals surface area contributed by atoms with Crippen LogP contribution < -0.4 is 0 Å². The minimum absolute atomic E-state index is 0.0900. The first-order valence-electron chi connectivity index (χ1n) is 6.50. The minimum atomic E-state index is -3.59. The van der Waals surface area contributed by atoms with Crippen LogP contribution in [0.5, 0.6) is 0 Å². The third kappa shape index (κ3) is 2.98. The molecule has 1 atom stereocenters. The maximum absolute atomic E-state index is 12.9. The van der Waals surface area contributed by atoms with Crippen LogP contribution >= 0.6 is 34.5 Å². The lowest BCUT2D eigenvalue weighted by Gasteiger charge is -2.23. The zero-order valence-corrected chi connectivity index (χ0v) is 14.1. The van der Waals surface area contributed by atoms with Gasteiger partial charge in [-0.05, 0) is 42.5 Å². The topological polar surface area (TPSA) is 37.4 Å². The molecule has 0 amide bonds. The second-order valence-corrected chi connectivity index (χ2v) is 8.64. The molecule has 7 heteroatoms. The van der Waals surface area contributed by atoms with Gasteiger partial charge in [0.05, 0.1) is 10.9 Å². The summed E-state index contributed by atoms with van der Waals surface area (Å²) in [4.78, 5) is 1.23. The van der Waals surface area contributed by atoms with Crippen LogP contribution in [0.15, 0.2) is 40.6 Å². The summed E-state index contributed by atoms with van der Waals surface area (Å²) in [7, 11) is -3.59. The number of thiophene rings is 1. The van der Waals surface area contributed by atoms with Crippen LogP contribution in [-0.4, -0.2) is 19.3 Å². The fourth-order valence-electron chi connectivity index (χ4n) is 2.61. The summed E-state index contributed by atoms with van der Waals surface area (Å²) < 4.78 is 27.3. The molecule has 1 aliphatic rings. The average molecular weight is 362 g/mol. The number of halogens is 2. The van der Waals surface area contributed by atoms with Crippen LogP contribution in [0.25, 0.3) is 0 Å². The van der Waals surface area contributed by atoms with Crippen molar-refractivity contribution in [2.75, 3.05) is 6.54 Å². The smallest absolute Gasteiger partial charge is 0.207 e. The third-order valence-electron chi connectivity index (χ3n) is 3.52. The molecule has 1 aliphatic heterocycles. The summed E-state index contributed by atoms with van der Waals surface area (Å²) >= 11 is 13.5. The monoisotopic (exact) mass is 361 g/mol. The summed E-state index contributed by atoms with van der Waals surface area (Å²) in [5.41, 5.74) is 0. The quantitative estimate of drug-likeness (QED) is 0.801. The van der Waals surface area contributed by atoms with Crippen LogP contribution in [0, 0.1) is 0 Å². The zero-order chi connectivity index (χ0) is 15.0. The first-order valence-corrected chi connectivity index (χ1v) is 9.57. The van der Waals surface area contributed by atoms with Crippen molar-refractivity contribution in [2.45, 2.75) is 23.8 Å². The molecule has 2 heterocycles. The van der Waals surface area contributed by atoms with E-state index in [4.69, 9.17) is 23.2 Å².